The predicted octanol–water partition coefficient (Wildman–Crippen LogP) is 1.87. The van der Waals surface area contributed by atoms with E-state index < -0.39 is 0 Å². The van der Waals surface area contributed by atoms with Crippen LogP contribution in [0, 0.1) is 0 Å². The van der Waals surface area contributed by atoms with Gasteiger partial charge in [-0.3, -0.25) is 4.79 Å². The molecule has 0 saturated carbocycles. The molecule has 0 aliphatic carbocycles. The fourth-order valence-corrected chi connectivity index (χ4v) is 2.51. The number of nitrogens with one attached hydrogen (secondary N) is 1. The van der Waals surface area contributed by atoms with Gasteiger partial charge >= 0.3 is 0 Å². The second kappa shape index (κ2) is 4.82. The summed E-state index contributed by atoms with van der Waals surface area (Å²) in [7, 11) is 0. The van der Waals surface area contributed by atoms with Crippen LogP contribution in [0.3, 0.4) is 0 Å². The minimum absolute atomic E-state index is 0.0799. The Morgan fingerprint density at radius 3 is 2.88 bits per heavy atom. The van der Waals surface area contributed by atoms with Gasteiger partial charge in [-0.25, -0.2) is 4.98 Å². The van der Waals surface area contributed by atoms with E-state index in [1.165, 1.54) is 0 Å². The van der Waals surface area contributed by atoms with Gasteiger partial charge in [0.15, 0.2) is 0 Å². The summed E-state index contributed by atoms with van der Waals surface area (Å²) in [5.41, 5.74) is 0.597. The van der Waals surface area contributed by atoms with Crippen molar-refractivity contribution in [3.05, 3.63) is 27.9 Å². The number of rotatable bonds is 1. The van der Waals surface area contributed by atoms with Gasteiger partial charge in [-0.05, 0) is 0 Å². The van der Waals surface area contributed by atoms with Gasteiger partial charge in [-0.15, -0.1) is 0 Å². The van der Waals surface area contributed by atoms with Crippen LogP contribution in [0.5, 0.6) is 0 Å². The molecule has 1 aliphatic heterocycles. The van der Waals surface area contributed by atoms with Crippen LogP contribution in [-0.4, -0.2) is 28.1 Å². The van der Waals surface area contributed by atoms with E-state index in [1.807, 2.05) is 11.8 Å². The van der Waals surface area contributed by atoms with Gasteiger partial charge in [0.05, 0.1) is 12.3 Å². The second-order valence-corrected chi connectivity index (χ2v) is 6.35. The molecule has 1 fully saturated rings. The van der Waals surface area contributed by atoms with Crippen LogP contribution in [0.15, 0.2) is 10.9 Å². The third-order valence-corrected chi connectivity index (χ3v) is 3.64. The van der Waals surface area contributed by atoms with Crippen molar-refractivity contribution in [2.75, 3.05) is 18.1 Å². The van der Waals surface area contributed by atoms with Gasteiger partial charge < -0.3 is 9.72 Å². The highest BCUT2D eigenvalue weighted by atomic mass is 32.2. The van der Waals surface area contributed by atoms with Crippen molar-refractivity contribution in [2.24, 2.45) is 0 Å². The first-order valence-corrected chi connectivity index (χ1v) is 6.93. The molecule has 1 saturated heterocycles. The molecule has 4 nitrogen and oxygen atoms in total. The molecule has 1 aromatic rings. The smallest absolute Gasteiger partial charge is 0.251 e. The number of aromatic nitrogens is 2. The molecule has 2 rings (SSSR count). The van der Waals surface area contributed by atoms with Gasteiger partial charge in [0.25, 0.3) is 5.56 Å². The Kier molecular flexibility index (Phi) is 3.58. The number of nitrogens with zero attached hydrogens (tertiary/aromatic N) is 1. The van der Waals surface area contributed by atoms with Crippen LogP contribution in [0.25, 0.3) is 0 Å². The highest BCUT2D eigenvalue weighted by Gasteiger charge is 2.22. The van der Waals surface area contributed by atoms with E-state index in [2.05, 4.69) is 30.7 Å². The summed E-state index contributed by atoms with van der Waals surface area (Å²) in [6.45, 7) is 6.87. The number of aromatic amines is 1. The fourth-order valence-electron chi connectivity index (χ4n) is 1.66. The molecule has 1 atom stereocenters. The molecule has 94 valence electrons. The lowest BCUT2D eigenvalue weighted by Gasteiger charge is -2.23. The largest absolute Gasteiger partial charge is 0.369 e. The lowest BCUT2D eigenvalue weighted by Crippen LogP contribution is -2.25. The minimum Gasteiger partial charge on any atom is -0.369 e. The molecule has 0 spiro atoms. The number of H-pyrrole nitrogens is 1. The average molecular weight is 254 g/mol. The Bertz CT molecular complexity index is 445. The molecule has 5 heteroatoms. The van der Waals surface area contributed by atoms with E-state index in [-0.39, 0.29) is 17.1 Å². The van der Waals surface area contributed by atoms with E-state index in [0.717, 1.165) is 23.8 Å². The van der Waals surface area contributed by atoms with Crippen molar-refractivity contribution in [1.29, 1.82) is 0 Å². The molecule has 0 radical (unpaired) electrons. The Morgan fingerprint density at radius 2 is 2.29 bits per heavy atom. The standard InChI is InChI=1S/C12H18N2O2S/c1-12(2,3)9-6-10(15)14-11(13-9)8-7-17-5-4-16-8/h6,8H,4-5,7H2,1-3H3,(H,13,14,15). The number of hydrogen-bond acceptors (Lipinski definition) is 4. The topological polar surface area (TPSA) is 55.0 Å². The summed E-state index contributed by atoms with van der Waals surface area (Å²) in [5, 5.41) is 0. The summed E-state index contributed by atoms with van der Waals surface area (Å²) in [4.78, 5) is 19.0. The van der Waals surface area contributed by atoms with Gasteiger partial charge in [-0.2, -0.15) is 11.8 Å². The van der Waals surface area contributed by atoms with Crippen LogP contribution < -0.4 is 5.56 Å². The summed E-state index contributed by atoms with van der Waals surface area (Å²) < 4.78 is 5.63. The Hall–Kier alpha value is -0.810. The highest BCUT2D eigenvalue weighted by Crippen LogP contribution is 2.25. The second-order valence-electron chi connectivity index (χ2n) is 5.20. The van der Waals surface area contributed by atoms with Gasteiger partial charge in [0.2, 0.25) is 0 Å². The molecule has 1 N–H and O–H groups in total. The molecule has 17 heavy (non-hydrogen) atoms. The third kappa shape index (κ3) is 3.10. The van der Waals surface area contributed by atoms with E-state index in [0.29, 0.717) is 5.82 Å². The first kappa shape index (κ1) is 12.6. The van der Waals surface area contributed by atoms with Crippen LogP contribution in [0.4, 0.5) is 0 Å². The van der Waals surface area contributed by atoms with Gasteiger partial charge in [0.1, 0.15) is 11.9 Å². The Balaban J connectivity index is 2.34. The van der Waals surface area contributed by atoms with Gasteiger partial charge in [-0.1, -0.05) is 20.8 Å². The summed E-state index contributed by atoms with van der Waals surface area (Å²) >= 11 is 1.83. The lowest BCUT2D eigenvalue weighted by atomic mass is 9.92. The molecule has 0 aromatic carbocycles. The van der Waals surface area contributed by atoms with Crippen LogP contribution >= 0.6 is 11.8 Å². The van der Waals surface area contributed by atoms with Crippen molar-refractivity contribution in [3.63, 3.8) is 0 Å². The maximum Gasteiger partial charge on any atom is 0.251 e. The number of thioether (sulfide) groups is 1. The lowest BCUT2D eigenvalue weighted by molar-refractivity contribution is 0.0689. The van der Waals surface area contributed by atoms with E-state index in [9.17, 15) is 4.79 Å². The molecule has 1 aliphatic rings. The number of hydrogen-bond donors (Lipinski definition) is 1. The highest BCUT2D eigenvalue weighted by molar-refractivity contribution is 7.99. The van der Waals surface area contributed by atoms with Crippen molar-refractivity contribution in [1.82, 2.24) is 9.97 Å². The van der Waals surface area contributed by atoms with E-state index in [1.54, 1.807) is 6.07 Å². The maximum atomic E-state index is 11.6. The van der Waals surface area contributed by atoms with Crippen LogP contribution in [0.2, 0.25) is 0 Å². The van der Waals surface area contributed by atoms with Crippen molar-refractivity contribution < 1.29 is 4.74 Å². The normalized spacial score (nSPS) is 21.5. The predicted molar refractivity (Wildman–Crippen MR) is 69.6 cm³/mol. The molecule has 0 bridgehead atoms. The molecule has 2 heterocycles. The van der Waals surface area contributed by atoms with Crippen LogP contribution in [-0.2, 0) is 10.2 Å². The maximum absolute atomic E-state index is 11.6. The summed E-state index contributed by atoms with van der Waals surface area (Å²) in [6, 6.07) is 1.57. The molecule has 1 aromatic heterocycles. The van der Waals surface area contributed by atoms with Crippen molar-refractivity contribution >= 4 is 11.8 Å². The zero-order valence-electron chi connectivity index (χ0n) is 10.4. The SMILES string of the molecule is CC(C)(C)c1cc(=O)[nH]c(C2CSCCO2)n1. The van der Waals surface area contributed by atoms with E-state index >= 15 is 0 Å². The Labute approximate surface area is 105 Å². The number of ether oxygens (including phenoxy) is 1. The Morgan fingerprint density at radius 1 is 1.53 bits per heavy atom. The van der Waals surface area contributed by atoms with Crippen LogP contribution in [0.1, 0.15) is 38.4 Å². The molecule has 0 amide bonds. The fraction of sp³-hybridized carbons (Fsp3) is 0.667. The van der Waals surface area contributed by atoms with Crippen molar-refractivity contribution in [3.8, 4) is 0 Å². The molecular formula is C12H18N2O2S. The quantitative estimate of drug-likeness (QED) is 0.831. The summed E-state index contributed by atoms with van der Waals surface area (Å²) in [5.74, 6) is 2.53. The monoisotopic (exact) mass is 254 g/mol. The van der Waals surface area contributed by atoms with E-state index in [4.69, 9.17) is 4.74 Å². The van der Waals surface area contributed by atoms with Gasteiger partial charge in [0, 0.05) is 23.0 Å². The zero-order valence-corrected chi connectivity index (χ0v) is 11.3. The summed E-state index contributed by atoms with van der Waals surface area (Å²) in [6.07, 6.45) is -0.0799. The molecular weight excluding hydrogens is 236 g/mol. The van der Waals surface area contributed by atoms with Crippen molar-refractivity contribution in [2.45, 2.75) is 32.3 Å². The average Bonchev–Trinajstić information content (AvgIpc) is 2.28. The third-order valence-electron chi connectivity index (χ3n) is 2.65. The first-order valence-electron chi connectivity index (χ1n) is 5.78. The minimum atomic E-state index is -0.120. The first-order chi connectivity index (χ1) is 7.97. The zero-order chi connectivity index (χ0) is 12.5. The molecule has 1 unspecified atom stereocenters.